The maximum Gasteiger partial charge on any atom is 0.326 e. The Bertz CT molecular complexity index is 958. The highest BCUT2D eigenvalue weighted by Gasteiger charge is 2.49. The lowest BCUT2D eigenvalue weighted by molar-refractivity contribution is -0.133. The molecule has 1 saturated heterocycles. The SMILES string of the molecule is CNC(=O)C1(COC)CCCN1C(=O)c1ccc2[nH]c(=O)n(C3CC3)c2c1. The highest BCUT2D eigenvalue weighted by Crippen LogP contribution is 2.36. The summed E-state index contributed by atoms with van der Waals surface area (Å²) in [6.45, 7) is 0.647. The quantitative estimate of drug-likeness (QED) is 0.819. The van der Waals surface area contributed by atoms with Crippen LogP contribution in [0.5, 0.6) is 0 Å². The molecule has 2 aliphatic rings. The van der Waals surface area contributed by atoms with Gasteiger partial charge in [0, 0.05) is 32.3 Å². The number of likely N-dealkylation sites (tertiary alicyclic amines) is 1. The smallest absolute Gasteiger partial charge is 0.326 e. The summed E-state index contributed by atoms with van der Waals surface area (Å²) in [6.07, 6.45) is 3.25. The predicted molar refractivity (Wildman–Crippen MR) is 99.8 cm³/mol. The summed E-state index contributed by atoms with van der Waals surface area (Å²) in [5, 5.41) is 2.67. The highest BCUT2D eigenvalue weighted by molar-refractivity contribution is 6.01. The van der Waals surface area contributed by atoms with Crippen molar-refractivity contribution in [2.45, 2.75) is 37.3 Å². The normalized spacial score (nSPS) is 22.4. The average molecular weight is 372 g/mol. The van der Waals surface area contributed by atoms with E-state index in [9.17, 15) is 14.4 Å². The molecular formula is C19H24N4O4. The highest BCUT2D eigenvalue weighted by atomic mass is 16.5. The number of carbonyl (C=O) groups excluding carboxylic acids is 2. The Morgan fingerprint density at radius 2 is 2.15 bits per heavy atom. The van der Waals surface area contributed by atoms with Gasteiger partial charge >= 0.3 is 5.69 Å². The van der Waals surface area contributed by atoms with Crippen LogP contribution in [-0.2, 0) is 9.53 Å². The molecular weight excluding hydrogens is 348 g/mol. The van der Waals surface area contributed by atoms with E-state index in [0.29, 0.717) is 18.5 Å². The third kappa shape index (κ3) is 2.75. The number of carbonyl (C=O) groups is 2. The Hall–Kier alpha value is -2.61. The number of rotatable bonds is 5. The average Bonchev–Trinajstić information content (AvgIpc) is 3.31. The van der Waals surface area contributed by atoms with E-state index >= 15 is 0 Å². The molecule has 4 rings (SSSR count). The number of benzene rings is 1. The molecule has 1 aromatic heterocycles. The zero-order valence-corrected chi connectivity index (χ0v) is 15.6. The van der Waals surface area contributed by atoms with E-state index < -0.39 is 5.54 Å². The van der Waals surface area contributed by atoms with Crippen LogP contribution in [0.4, 0.5) is 0 Å². The van der Waals surface area contributed by atoms with Crippen molar-refractivity contribution in [3.63, 3.8) is 0 Å². The molecule has 8 heteroatoms. The second-order valence-electron chi connectivity index (χ2n) is 7.37. The van der Waals surface area contributed by atoms with Crippen molar-refractivity contribution in [1.82, 2.24) is 19.8 Å². The number of fused-ring (bicyclic) bond motifs is 1. The van der Waals surface area contributed by atoms with Gasteiger partial charge in [-0.15, -0.1) is 0 Å². The van der Waals surface area contributed by atoms with E-state index in [1.54, 1.807) is 34.7 Å². The molecule has 8 nitrogen and oxygen atoms in total. The number of nitrogens with one attached hydrogen (secondary N) is 2. The molecule has 2 fully saturated rings. The molecule has 144 valence electrons. The molecule has 1 aliphatic carbocycles. The molecule has 0 spiro atoms. The van der Waals surface area contributed by atoms with Crippen LogP contribution in [0, 0.1) is 0 Å². The minimum absolute atomic E-state index is 0.141. The van der Waals surface area contributed by atoms with Crippen LogP contribution in [0.3, 0.4) is 0 Å². The lowest BCUT2D eigenvalue weighted by Gasteiger charge is -2.36. The Kier molecular flexibility index (Phi) is 4.30. The summed E-state index contributed by atoms with van der Waals surface area (Å²) < 4.78 is 7.03. The first-order chi connectivity index (χ1) is 13.0. The first kappa shape index (κ1) is 17.8. The summed E-state index contributed by atoms with van der Waals surface area (Å²) in [4.78, 5) is 42.6. The predicted octanol–water partition coefficient (Wildman–Crippen LogP) is 1.03. The molecule has 1 saturated carbocycles. The number of aromatic nitrogens is 2. The van der Waals surface area contributed by atoms with Gasteiger partial charge < -0.3 is 19.9 Å². The minimum Gasteiger partial charge on any atom is -0.382 e. The van der Waals surface area contributed by atoms with Gasteiger partial charge in [-0.2, -0.15) is 0 Å². The van der Waals surface area contributed by atoms with Crippen molar-refractivity contribution in [3.05, 3.63) is 34.2 Å². The Morgan fingerprint density at radius 1 is 1.37 bits per heavy atom. The Labute approximate surface area is 156 Å². The molecule has 1 unspecified atom stereocenters. The number of amides is 2. The van der Waals surface area contributed by atoms with Gasteiger partial charge in [-0.3, -0.25) is 14.2 Å². The van der Waals surface area contributed by atoms with E-state index in [1.807, 2.05) is 0 Å². The molecule has 0 bridgehead atoms. The molecule has 2 heterocycles. The van der Waals surface area contributed by atoms with Crippen molar-refractivity contribution >= 4 is 22.8 Å². The van der Waals surface area contributed by atoms with Crippen LogP contribution in [0.25, 0.3) is 11.0 Å². The van der Waals surface area contributed by atoms with Gasteiger partial charge in [0.1, 0.15) is 5.54 Å². The topological polar surface area (TPSA) is 96.4 Å². The number of likely N-dealkylation sites (N-methyl/N-ethyl adjacent to an activating group) is 1. The molecule has 2 amide bonds. The van der Waals surface area contributed by atoms with Crippen LogP contribution in [0.15, 0.2) is 23.0 Å². The Morgan fingerprint density at radius 3 is 2.81 bits per heavy atom. The van der Waals surface area contributed by atoms with Crippen molar-refractivity contribution in [1.29, 1.82) is 0 Å². The number of hydrogen-bond donors (Lipinski definition) is 2. The molecule has 2 N–H and O–H groups in total. The van der Waals surface area contributed by atoms with Crippen molar-refractivity contribution < 1.29 is 14.3 Å². The van der Waals surface area contributed by atoms with Gasteiger partial charge in [0.25, 0.3) is 5.91 Å². The standard InChI is InChI=1S/C19H24N4O4/c1-20-17(25)19(11-27-2)8-3-9-22(19)16(24)12-4-7-14-15(10-12)23(13-5-6-13)18(26)21-14/h4,7,10,13H,3,5-6,8-9,11H2,1-2H3,(H,20,25)(H,21,26). The number of imidazole rings is 1. The zero-order chi connectivity index (χ0) is 19.2. The summed E-state index contributed by atoms with van der Waals surface area (Å²) in [5.41, 5.74) is 0.799. The third-order valence-electron chi connectivity index (χ3n) is 5.64. The van der Waals surface area contributed by atoms with E-state index in [1.165, 1.54) is 7.11 Å². The van der Waals surface area contributed by atoms with Crippen molar-refractivity contribution in [3.8, 4) is 0 Å². The summed E-state index contributed by atoms with van der Waals surface area (Å²) in [5.74, 6) is -0.432. The van der Waals surface area contributed by atoms with Gasteiger partial charge in [0.05, 0.1) is 17.6 Å². The first-order valence-corrected chi connectivity index (χ1v) is 9.29. The molecule has 1 atom stereocenters. The number of nitrogens with zero attached hydrogens (tertiary/aromatic N) is 2. The van der Waals surface area contributed by atoms with Crippen LogP contribution < -0.4 is 11.0 Å². The lowest BCUT2D eigenvalue weighted by Crippen LogP contribution is -2.59. The molecule has 1 aliphatic heterocycles. The van der Waals surface area contributed by atoms with E-state index in [-0.39, 0.29) is 30.2 Å². The number of H-pyrrole nitrogens is 1. The summed E-state index contributed by atoms with van der Waals surface area (Å²) >= 11 is 0. The van der Waals surface area contributed by atoms with Gasteiger partial charge in [0.15, 0.2) is 0 Å². The minimum atomic E-state index is -0.996. The largest absolute Gasteiger partial charge is 0.382 e. The van der Waals surface area contributed by atoms with Crippen molar-refractivity contribution in [2.24, 2.45) is 0 Å². The maximum absolute atomic E-state index is 13.3. The fraction of sp³-hybridized carbons (Fsp3) is 0.526. The van der Waals surface area contributed by atoms with E-state index in [0.717, 1.165) is 30.3 Å². The first-order valence-electron chi connectivity index (χ1n) is 9.29. The van der Waals surface area contributed by atoms with Gasteiger partial charge in [-0.1, -0.05) is 0 Å². The fourth-order valence-corrected chi connectivity index (χ4v) is 4.20. The number of hydrogen-bond acceptors (Lipinski definition) is 4. The Balaban J connectivity index is 1.74. The van der Waals surface area contributed by atoms with E-state index in [2.05, 4.69) is 10.3 Å². The third-order valence-corrected chi connectivity index (χ3v) is 5.64. The van der Waals surface area contributed by atoms with Crippen LogP contribution in [-0.4, -0.2) is 59.1 Å². The summed E-state index contributed by atoms with van der Waals surface area (Å²) in [6, 6.07) is 5.43. The van der Waals surface area contributed by atoms with Gasteiger partial charge in [0.2, 0.25) is 5.91 Å². The molecule has 2 aromatic rings. The second kappa shape index (κ2) is 6.53. The zero-order valence-electron chi connectivity index (χ0n) is 15.6. The maximum atomic E-state index is 13.3. The van der Waals surface area contributed by atoms with Crippen LogP contribution in [0.2, 0.25) is 0 Å². The van der Waals surface area contributed by atoms with Gasteiger partial charge in [-0.25, -0.2) is 4.79 Å². The monoisotopic (exact) mass is 372 g/mol. The van der Waals surface area contributed by atoms with Crippen molar-refractivity contribution in [2.75, 3.05) is 27.3 Å². The lowest BCUT2D eigenvalue weighted by atomic mass is 9.95. The number of aromatic amines is 1. The van der Waals surface area contributed by atoms with Crippen LogP contribution in [0.1, 0.15) is 42.1 Å². The fourth-order valence-electron chi connectivity index (χ4n) is 4.20. The number of methoxy groups -OCH3 is 1. The molecule has 27 heavy (non-hydrogen) atoms. The van der Waals surface area contributed by atoms with Crippen LogP contribution >= 0.6 is 0 Å². The van der Waals surface area contributed by atoms with Gasteiger partial charge in [-0.05, 0) is 43.9 Å². The number of ether oxygens (including phenoxy) is 1. The van der Waals surface area contributed by atoms with E-state index in [4.69, 9.17) is 4.74 Å². The second-order valence-corrected chi connectivity index (χ2v) is 7.37. The molecule has 1 aromatic carbocycles. The summed E-state index contributed by atoms with van der Waals surface area (Å²) in [7, 11) is 3.10. The molecule has 0 radical (unpaired) electrons.